The van der Waals surface area contributed by atoms with Gasteiger partial charge in [-0.05, 0) is 6.92 Å². The third kappa shape index (κ3) is 4.23. The molecule has 1 amide bonds. The highest BCUT2D eigenvalue weighted by Gasteiger charge is 2.19. The van der Waals surface area contributed by atoms with E-state index in [1.165, 1.54) is 13.1 Å². The van der Waals surface area contributed by atoms with Crippen molar-refractivity contribution >= 4 is 23.2 Å². The Kier molecular flexibility index (Phi) is 5.27. The zero-order chi connectivity index (χ0) is 14.4. The highest BCUT2D eigenvalue weighted by molar-refractivity contribution is 6.31. The van der Waals surface area contributed by atoms with Crippen LogP contribution in [0, 0.1) is 28.9 Å². The van der Waals surface area contributed by atoms with Crippen molar-refractivity contribution in [3.8, 4) is 11.8 Å². The van der Waals surface area contributed by atoms with Crippen LogP contribution in [0.5, 0.6) is 0 Å². The van der Waals surface area contributed by atoms with Gasteiger partial charge < -0.3 is 5.32 Å². The molecule has 0 aliphatic rings. The average molecular weight is 282 g/mol. The molecule has 0 aliphatic carbocycles. The summed E-state index contributed by atoms with van der Waals surface area (Å²) in [5, 5.41) is 13.3. The molecule has 1 N–H and O–H groups in total. The maximum atomic E-state index is 10.8. The lowest BCUT2D eigenvalue weighted by atomic mass is 10.1. The lowest BCUT2D eigenvalue weighted by molar-refractivity contribution is -0.385. The molecule has 6 nitrogen and oxygen atoms in total. The SMILES string of the molecule is CC(=O)NCCC#Cc1cnc(Cl)c([N+](=O)[O-])c1C. The van der Waals surface area contributed by atoms with E-state index in [1.807, 2.05) is 0 Å². The van der Waals surface area contributed by atoms with Crippen molar-refractivity contribution in [2.45, 2.75) is 20.3 Å². The predicted molar refractivity (Wildman–Crippen MR) is 70.8 cm³/mol. The fourth-order valence-electron chi connectivity index (χ4n) is 1.36. The van der Waals surface area contributed by atoms with E-state index in [-0.39, 0.29) is 16.7 Å². The van der Waals surface area contributed by atoms with E-state index in [9.17, 15) is 14.9 Å². The Morgan fingerprint density at radius 1 is 1.63 bits per heavy atom. The maximum Gasteiger partial charge on any atom is 0.310 e. The van der Waals surface area contributed by atoms with E-state index in [1.54, 1.807) is 6.92 Å². The van der Waals surface area contributed by atoms with Crippen LogP contribution in [0.1, 0.15) is 24.5 Å². The molecule has 0 saturated heterocycles. The highest BCUT2D eigenvalue weighted by Crippen LogP contribution is 2.27. The second kappa shape index (κ2) is 6.71. The first-order chi connectivity index (χ1) is 8.93. The van der Waals surface area contributed by atoms with E-state index < -0.39 is 4.92 Å². The number of carbonyl (C=O) groups excluding carboxylic acids is 1. The van der Waals surface area contributed by atoms with Gasteiger partial charge in [-0.25, -0.2) is 4.98 Å². The Balaban J connectivity index is 2.86. The van der Waals surface area contributed by atoms with Crippen LogP contribution in [0.25, 0.3) is 0 Å². The number of carbonyl (C=O) groups is 1. The van der Waals surface area contributed by atoms with Gasteiger partial charge in [-0.3, -0.25) is 14.9 Å². The third-order valence-electron chi connectivity index (χ3n) is 2.29. The van der Waals surface area contributed by atoms with Crippen LogP contribution in [0.4, 0.5) is 5.69 Å². The van der Waals surface area contributed by atoms with Gasteiger partial charge >= 0.3 is 5.69 Å². The molecule has 100 valence electrons. The number of nitrogens with one attached hydrogen (secondary N) is 1. The molecule has 0 unspecified atom stereocenters. The molecule has 0 aliphatic heterocycles. The summed E-state index contributed by atoms with van der Waals surface area (Å²) >= 11 is 5.67. The minimum Gasteiger partial charge on any atom is -0.355 e. The fraction of sp³-hybridized carbons (Fsp3) is 0.333. The Morgan fingerprint density at radius 3 is 2.89 bits per heavy atom. The quantitative estimate of drug-likeness (QED) is 0.301. The molecule has 0 aromatic carbocycles. The molecule has 1 aromatic heterocycles. The number of pyridine rings is 1. The Bertz CT molecular complexity index is 576. The smallest absolute Gasteiger partial charge is 0.310 e. The average Bonchev–Trinajstić information content (AvgIpc) is 2.30. The topological polar surface area (TPSA) is 85.1 Å². The fourth-order valence-corrected chi connectivity index (χ4v) is 1.62. The van der Waals surface area contributed by atoms with Gasteiger partial charge in [0.25, 0.3) is 0 Å². The summed E-state index contributed by atoms with van der Waals surface area (Å²) in [7, 11) is 0. The Hall–Kier alpha value is -2.13. The molecule has 1 rings (SSSR count). The summed E-state index contributed by atoms with van der Waals surface area (Å²) in [5.74, 6) is 5.47. The number of hydrogen-bond acceptors (Lipinski definition) is 4. The van der Waals surface area contributed by atoms with Crippen LogP contribution >= 0.6 is 11.6 Å². The second-order valence-electron chi connectivity index (χ2n) is 3.73. The minimum absolute atomic E-state index is 0.123. The normalized spacial score (nSPS) is 9.42. The van der Waals surface area contributed by atoms with Gasteiger partial charge in [-0.15, -0.1) is 0 Å². The number of amides is 1. The zero-order valence-electron chi connectivity index (χ0n) is 10.5. The van der Waals surface area contributed by atoms with E-state index in [2.05, 4.69) is 22.1 Å². The first-order valence-corrected chi connectivity index (χ1v) is 5.84. The molecular formula is C12H12ClN3O3. The Morgan fingerprint density at radius 2 is 2.32 bits per heavy atom. The summed E-state index contributed by atoms with van der Waals surface area (Å²) in [4.78, 5) is 24.6. The largest absolute Gasteiger partial charge is 0.355 e. The summed E-state index contributed by atoms with van der Waals surface area (Å²) in [6.45, 7) is 3.43. The van der Waals surface area contributed by atoms with Gasteiger partial charge in [0.1, 0.15) is 0 Å². The molecule has 0 saturated carbocycles. The van der Waals surface area contributed by atoms with Crippen LogP contribution in [-0.4, -0.2) is 22.4 Å². The van der Waals surface area contributed by atoms with Gasteiger partial charge in [-0.1, -0.05) is 23.4 Å². The lowest BCUT2D eigenvalue weighted by Gasteiger charge is -2.01. The molecule has 0 atom stereocenters. The Labute approximate surface area is 115 Å². The van der Waals surface area contributed by atoms with Crippen molar-refractivity contribution in [1.29, 1.82) is 0 Å². The summed E-state index contributed by atoms with van der Waals surface area (Å²) < 4.78 is 0. The molecule has 19 heavy (non-hydrogen) atoms. The highest BCUT2D eigenvalue weighted by atomic mass is 35.5. The third-order valence-corrected chi connectivity index (χ3v) is 2.57. The summed E-state index contributed by atoms with van der Waals surface area (Å²) in [5.41, 5.74) is 0.617. The molecule has 1 heterocycles. The zero-order valence-corrected chi connectivity index (χ0v) is 11.2. The van der Waals surface area contributed by atoms with Gasteiger partial charge in [0.15, 0.2) is 0 Å². The van der Waals surface area contributed by atoms with Crippen LogP contribution in [0.3, 0.4) is 0 Å². The van der Waals surface area contributed by atoms with E-state index in [4.69, 9.17) is 11.6 Å². The van der Waals surface area contributed by atoms with Gasteiger partial charge in [-0.2, -0.15) is 0 Å². The molecule has 0 bridgehead atoms. The molecule has 0 radical (unpaired) electrons. The summed E-state index contributed by atoms with van der Waals surface area (Å²) in [6, 6.07) is 0. The summed E-state index contributed by atoms with van der Waals surface area (Å²) in [6.07, 6.45) is 1.85. The second-order valence-corrected chi connectivity index (χ2v) is 4.09. The van der Waals surface area contributed by atoms with Crippen molar-refractivity contribution in [3.05, 3.63) is 32.6 Å². The number of rotatable bonds is 3. The molecule has 7 heteroatoms. The molecule has 0 fully saturated rings. The van der Waals surface area contributed by atoms with Crippen molar-refractivity contribution < 1.29 is 9.72 Å². The van der Waals surface area contributed by atoms with Crippen LogP contribution in [0.2, 0.25) is 5.15 Å². The number of aromatic nitrogens is 1. The molecule has 0 spiro atoms. The standard InChI is InChI=1S/C12H12ClN3O3/c1-8-10(5-3-4-6-14-9(2)17)7-15-12(13)11(8)16(18)19/h7H,4,6H2,1-2H3,(H,14,17). The van der Waals surface area contributed by atoms with Crippen molar-refractivity contribution in [1.82, 2.24) is 10.3 Å². The molecular weight excluding hydrogens is 270 g/mol. The first kappa shape index (κ1) is 14.9. The van der Waals surface area contributed by atoms with Gasteiger partial charge in [0, 0.05) is 31.6 Å². The van der Waals surface area contributed by atoms with E-state index >= 15 is 0 Å². The lowest BCUT2D eigenvalue weighted by Crippen LogP contribution is -2.20. The maximum absolute atomic E-state index is 10.8. The number of nitrogens with zero attached hydrogens (tertiary/aromatic N) is 2. The number of nitro groups is 1. The van der Waals surface area contributed by atoms with Crippen LogP contribution in [0.15, 0.2) is 6.20 Å². The van der Waals surface area contributed by atoms with Crippen LogP contribution in [-0.2, 0) is 4.79 Å². The monoisotopic (exact) mass is 281 g/mol. The van der Waals surface area contributed by atoms with Gasteiger partial charge in [0.2, 0.25) is 11.1 Å². The van der Waals surface area contributed by atoms with Crippen molar-refractivity contribution in [2.24, 2.45) is 0 Å². The molecule has 1 aromatic rings. The van der Waals surface area contributed by atoms with Gasteiger partial charge in [0.05, 0.1) is 10.5 Å². The van der Waals surface area contributed by atoms with Crippen molar-refractivity contribution in [2.75, 3.05) is 6.54 Å². The van der Waals surface area contributed by atoms with E-state index in [0.717, 1.165) is 0 Å². The minimum atomic E-state index is -0.576. The van der Waals surface area contributed by atoms with Crippen LogP contribution < -0.4 is 5.32 Å². The first-order valence-electron chi connectivity index (χ1n) is 5.46. The van der Waals surface area contributed by atoms with Crippen molar-refractivity contribution in [3.63, 3.8) is 0 Å². The number of hydrogen-bond donors (Lipinski definition) is 1. The van der Waals surface area contributed by atoms with E-state index in [0.29, 0.717) is 24.1 Å². The predicted octanol–water partition coefficient (Wildman–Crippen LogP) is 1.83. The number of halogens is 1.